The van der Waals surface area contributed by atoms with Gasteiger partial charge in [0.2, 0.25) is 0 Å². The molecule has 0 amide bonds. The highest BCUT2D eigenvalue weighted by molar-refractivity contribution is 5.57. The van der Waals surface area contributed by atoms with E-state index in [9.17, 15) is 0 Å². The molecule has 0 bridgehead atoms. The fraction of sp³-hybridized carbons (Fsp3) is 0.500. The fourth-order valence-electron chi connectivity index (χ4n) is 3.89. The predicted octanol–water partition coefficient (Wildman–Crippen LogP) is 2.43. The molecule has 1 N–H and O–H groups in total. The van der Waals surface area contributed by atoms with Gasteiger partial charge < -0.3 is 10.2 Å². The van der Waals surface area contributed by atoms with Gasteiger partial charge in [-0.1, -0.05) is 0 Å². The molecular formula is C18H23N5. The van der Waals surface area contributed by atoms with E-state index >= 15 is 0 Å². The van der Waals surface area contributed by atoms with Crippen molar-refractivity contribution in [2.45, 2.75) is 26.2 Å². The zero-order chi connectivity index (χ0) is 15.7. The van der Waals surface area contributed by atoms with Gasteiger partial charge in [0.15, 0.2) is 5.82 Å². The molecule has 1 atom stereocenters. The second-order valence-corrected chi connectivity index (χ2v) is 6.88. The van der Waals surface area contributed by atoms with Gasteiger partial charge >= 0.3 is 0 Å². The van der Waals surface area contributed by atoms with E-state index in [2.05, 4.69) is 26.3 Å². The number of anilines is 1. The highest BCUT2D eigenvalue weighted by Crippen LogP contribution is 2.37. The molecule has 0 saturated carbocycles. The Hall–Kier alpha value is -2.01. The van der Waals surface area contributed by atoms with Crippen molar-refractivity contribution >= 4 is 5.82 Å². The van der Waals surface area contributed by atoms with Crippen molar-refractivity contribution in [3.8, 4) is 11.4 Å². The quantitative estimate of drug-likeness (QED) is 0.923. The molecule has 4 heterocycles. The van der Waals surface area contributed by atoms with E-state index in [1.54, 1.807) is 6.20 Å². The van der Waals surface area contributed by atoms with Gasteiger partial charge in [-0.15, -0.1) is 0 Å². The number of nitrogens with one attached hydrogen (secondary N) is 1. The normalized spacial score (nSPS) is 24.3. The third-order valence-electron chi connectivity index (χ3n) is 5.08. The van der Waals surface area contributed by atoms with Gasteiger partial charge in [0.25, 0.3) is 0 Å². The van der Waals surface area contributed by atoms with Crippen LogP contribution in [0, 0.1) is 12.3 Å². The van der Waals surface area contributed by atoms with Gasteiger partial charge in [0.1, 0.15) is 5.82 Å². The number of piperidine rings is 1. The van der Waals surface area contributed by atoms with Crippen LogP contribution in [0.5, 0.6) is 0 Å². The van der Waals surface area contributed by atoms with Gasteiger partial charge in [-0.05, 0) is 44.9 Å². The molecule has 0 radical (unpaired) electrons. The standard InChI is InChI=1S/C18H23N5/c1-14-10-16(22-17(21-14)15-4-2-7-19-11-15)23-9-3-5-18(13-23)6-8-20-12-18/h2,4,7,10-11,20H,3,5-6,8-9,12-13H2,1H3/t18-/m1/s1. The Morgan fingerprint density at radius 3 is 3.00 bits per heavy atom. The summed E-state index contributed by atoms with van der Waals surface area (Å²) in [4.78, 5) is 16.1. The van der Waals surface area contributed by atoms with Crippen LogP contribution in [0.1, 0.15) is 25.0 Å². The van der Waals surface area contributed by atoms with Crippen molar-refractivity contribution in [1.82, 2.24) is 20.3 Å². The lowest BCUT2D eigenvalue weighted by Crippen LogP contribution is -2.45. The zero-order valence-electron chi connectivity index (χ0n) is 13.6. The third kappa shape index (κ3) is 2.93. The maximum atomic E-state index is 4.84. The lowest BCUT2D eigenvalue weighted by Gasteiger charge is -2.40. The molecule has 2 aromatic heterocycles. The number of hydrogen-bond acceptors (Lipinski definition) is 5. The molecule has 0 aliphatic carbocycles. The first kappa shape index (κ1) is 14.6. The Morgan fingerprint density at radius 2 is 2.22 bits per heavy atom. The van der Waals surface area contributed by atoms with Gasteiger partial charge in [-0.2, -0.15) is 0 Å². The van der Waals surface area contributed by atoms with E-state index in [1.165, 1.54) is 19.3 Å². The molecule has 4 rings (SSSR count). The minimum Gasteiger partial charge on any atom is -0.356 e. The monoisotopic (exact) mass is 309 g/mol. The SMILES string of the molecule is Cc1cc(N2CCC[C@]3(CCNC3)C2)nc(-c2cccnc2)n1. The number of hydrogen-bond donors (Lipinski definition) is 1. The fourth-order valence-corrected chi connectivity index (χ4v) is 3.89. The first-order valence-electron chi connectivity index (χ1n) is 8.46. The number of nitrogens with zero attached hydrogens (tertiary/aromatic N) is 4. The van der Waals surface area contributed by atoms with Crippen molar-refractivity contribution in [2.75, 3.05) is 31.1 Å². The van der Waals surface area contributed by atoms with Crippen LogP contribution in [0.25, 0.3) is 11.4 Å². The summed E-state index contributed by atoms with van der Waals surface area (Å²) in [5.41, 5.74) is 2.43. The van der Waals surface area contributed by atoms with Crippen LogP contribution in [0.15, 0.2) is 30.6 Å². The van der Waals surface area contributed by atoms with E-state index in [1.807, 2.05) is 25.3 Å². The van der Waals surface area contributed by atoms with Crippen molar-refractivity contribution in [2.24, 2.45) is 5.41 Å². The van der Waals surface area contributed by atoms with Gasteiger partial charge in [0, 0.05) is 54.8 Å². The Bertz CT molecular complexity index is 679. The molecule has 0 aromatic carbocycles. The van der Waals surface area contributed by atoms with E-state index in [0.717, 1.165) is 49.1 Å². The van der Waals surface area contributed by atoms with Crippen LogP contribution < -0.4 is 10.2 Å². The summed E-state index contributed by atoms with van der Waals surface area (Å²) in [7, 11) is 0. The van der Waals surface area contributed by atoms with Gasteiger partial charge in [0.05, 0.1) is 0 Å². The van der Waals surface area contributed by atoms with Crippen molar-refractivity contribution in [3.63, 3.8) is 0 Å². The summed E-state index contributed by atoms with van der Waals surface area (Å²) in [5, 5.41) is 3.54. The number of pyridine rings is 1. The third-order valence-corrected chi connectivity index (χ3v) is 5.08. The lowest BCUT2D eigenvalue weighted by atomic mass is 9.79. The minimum atomic E-state index is 0.436. The van der Waals surface area contributed by atoms with E-state index in [4.69, 9.17) is 4.98 Å². The molecule has 120 valence electrons. The first-order chi connectivity index (χ1) is 11.2. The summed E-state index contributed by atoms with van der Waals surface area (Å²) >= 11 is 0. The average Bonchev–Trinajstić information content (AvgIpc) is 3.03. The number of aromatic nitrogens is 3. The van der Waals surface area contributed by atoms with E-state index < -0.39 is 0 Å². The first-order valence-corrected chi connectivity index (χ1v) is 8.46. The van der Waals surface area contributed by atoms with Crippen LogP contribution in [-0.4, -0.2) is 41.1 Å². The Labute approximate surface area is 137 Å². The summed E-state index contributed by atoms with van der Waals surface area (Å²) in [5.74, 6) is 1.83. The maximum absolute atomic E-state index is 4.84. The largest absolute Gasteiger partial charge is 0.356 e. The highest BCUT2D eigenvalue weighted by atomic mass is 15.2. The molecule has 1 spiro atoms. The predicted molar refractivity (Wildman–Crippen MR) is 91.4 cm³/mol. The molecule has 2 saturated heterocycles. The van der Waals surface area contributed by atoms with Crippen LogP contribution in [0.2, 0.25) is 0 Å². The number of rotatable bonds is 2. The molecule has 5 heteroatoms. The molecule has 5 nitrogen and oxygen atoms in total. The molecule has 2 aliphatic heterocycles. The van der Waals surface area contributed by atoms with Gasteiger partial charge in [-0.3, -0.25) is 4.98 Å². The van der Waals surface area contributed by atoms with Crippen molar-refractivity contribution < 1.29 is 0 Å². The molecule has 0 unspecified atom stereocenters. The molecule has 2 aromatic rings. The van der Waals surface area contributed by atoms with Crippen LogP contribution >= 0.6 is 0 Å². The van der Waals surface area contributed by atoms with E-state index in [-0.39, 0.29) is 0 Å². The van der Waals surface area contributed by atoms with Crippen molar-refractivity contribution in [3.05, 3.63) is 36.3 Å². The Morgan fingerprint density at radius 1 is 1.26 bits per heavy atom. The zero-order valence-corrected chi connectivity index (χ0v) is 13.6. The van der Waals surface area contributed by atoms with E-state index in [0.29, 0.717) is 5.41 Å². The van der Waals surface area contributed by atoms with Crippen molar-refractivity contribution in [1.29, 1.82) is 0 Å². The summed E-state index contributed by atoms with van der Waals surface area (Å²) in [6, 6.07) is 6.06. The molecule has 23 heavy (non-hydrogen) atoms. The Kier molecular flexibility index (Phi) is 3.73. The average molecular weight is 309 g/mol. The molecular weight excluding hydrogens is 286 g/mol. The summed E-state index contributed by atoms with van der Waals surface area (Å²) in [6.45, 7) is 6.52. The second-order valence-electron chi connectivity index (χ2n) is 6.88. The topological polar surface area (TPSA) is 53.9 Å². The van der Waals surface area contributed by atoms with Crippen LogP contribution in [0.4, 0.5) is 5.82 Å². The summed E-state index contributed by atoms with van der Waals surface area (Å²) < 4.78 is 0. The van der Waals surface area contributed by atoms with Crippen LogP contribution in [0.3, 0.4) is 0 Å². The smallest absolute Gasteiger partial charge is 0.163 e. The minimum absolute atomic E-state index is 0.436. The van der Waals surface area contributed by atoms with Gasteiger partial charge in [-0.25, -0.2) is 9.97 Å². The highest BCUT2D eigenvalue weighted by Gasteiger charge is 2.38. The molecule has 2 fully saturated rings. The number of aryl methyl sites for hydroxylation is 1. The summed E-state index contributed by atoms with van der Waals surface area (Å²) in [6.07, 6.45) is 7.46. The molecule has 2 aliphatic rings. The van der Waals surface area contributed by atoms with Crippen LogP contribution in [-0.2, 0) is 0 Å². The maximum Gasteiger partial charge on any atom is 0.163 e. The lowest BCUT2D eigenvalue weighted by molar-refractivity contribution is 0.260. The Balaban J connectivity index is 1.65. The second kappa shape index (κ2) is 5.89.